The number of methoxy groups -OCH3 is 1. The number of nitrogens with zero attached hydrogens (tertiary/aromatic N) is 1. The molecule has 0 fully saturated rings. The summed E-state index contributed by atoms with van der Waals surface area (Å²) in [5, 5.41) is 0. The molecule has 0 radical (unpaired) electrons. The van der Waals surface area contributed by atoms with Gasteiger partial charge < -0.3 is 9.47 Å². The second-order valence-corrected chi connectivity index (χ2v) is 3.34. The highest BCUT2D eigenvalue weighted by atomic mass is 19.4. The summed E-state index contributed by atoms with van der Waals surface area (Å²) in [4.78, 5) is 14.4. The van der Waals surface area contributed by atoms with Gasteiger partial charge in [0.25, 0.3) is 0 Å². The Morgan fingerprint density at radius 1 is 1.42 bits per heavy atom. The number of alkyl halides is 3. The third-order valence-corrected chi connectivity index (χ3v) is 1.81. The molecule has 1 aromatic heterocycles. The van der Waals surface area contributed by atoms with E-state index < -0.39 is 18.8 Å². The van der Waals surface area contributed by atoms with Crippen LogP contribution in [0.25, 0.3) is 0 Å². The molecular formula is C12H10F3NO3. The van der Waals surface area contributed by atoms with Crippen LogP contribution in [0.5, 0.6) is 5.88 Å². The monoisotopic (exact) mass is 273 g/mol. The molecule has 0 aromatic carbocycles. The molecule has 0 aliphatic heterocycles. The van der Waals surface area contributed by atoms with Crippen LogP contribution in [0.2, 0.25) is 0 Å². The molecule has 0 spiro atoms. The van der Waals surface area contributed by atoms with E-state index in [1.54, 1.807) is 0 Å². The summed E-state index contributed by atoms with van der Waals surface area (Å²) in [6.45, 7) is -1.40. The largest absolute Gasteiger partial charge is 0.468 e. The number of carbonyl (C=O) groups is 1. The van der Waals surface area contributed by atoms with Crippen molar-refractivity contribution >= 4 is 5.97 Å². The molecule has 7 heteroatoms. The summed E-state index contributed by atoms with van der Waals surface area (Å²) in [7, 11) is 1.25. The Hall–Kier alpha value is -2.23. The highest BCUT2D eigenvalue weighted by molar-refractivity contribution is 5.72. The first-order valence-corrected chi connectivity index (χ1v) is 5.12. The lowest BCUT2D eigenvalue weighted by molar-refractivity contribution is -0.154. The van der Waals surface area contributed by atoms with E-state index in [1.165, 1.54) is 25.4 Å². The minimum Gasteiger partial charge on any atom is -0.468 e. The number of aromatic nitrogens is 1. The smallest absolute Gasteiger partial charge is 0.422 e. The number of carbonyl (C=O) groups excluding carboxylic acids is 1. The highest BCUT2D eigenvalue weighted by Crippen LogP contribution is 2.16. The molecule has 0 unspecified atom stereocenters. The lowest BCUT2D eigenvalue weighted by atomic mass is 10.3. The van der Waals surface area contributed by atoms with Crippen LogP contribution in [-0.4, -0.2) is 30.8 Å². The average molecular weight is 273 g/mol. The lowest BCUT2D eigenvalue weighted by Gasteiger charge is -2.07. The van der Waals surface area contributed by atoms with Crippen molar-refractivity contribution in [1.82, 2.24) is 4.98 Å². The number of esters is 1. The van der Waals surface area contributed by atoms with Gasteiger partial charge in [0, 0.05) is 17.8 Å². The minimum absolute atomic E-state index is 0.0666. The van der Waals surface area contributed by atoms with Crippen molar-refractivity contribution in [3.8, 4) is 17.7 Å². The summed E-state index contributed by atoms with van der Waals surface area (Å²) in [6.07, 6.45) is -3.21. The quantitative estimate of drug-likeness (QED) is 0.623. The van der Waals surface area contributed by atoms with Crippen molar-refractivity contribution in [3.63, 3.8) is 0 Å². The number of rotatable bonds is 3. The molecule has 0 atom stereocenters. The first-order valence-electron chi connectivity index (χ1n) is 5.12. The fraction of sp³-hybridized carbons (Fsp3) is 0.333. The van der Waals surface area contributed by atoms with Crippen molar-refractivity contribution in [1.29, 1.82) is 0 Å². The Kier molecular flexibility index (Phi) is 5.18. The van der Waals surface area contributed by atoms with E-state index in [0.29, 0.717) is 5.56 Å². The molecule has 1 aromatic rings. The van der Waals surface area contributed by atoms with Crippen LogP contribution in [0.1, 0.15) is 12.0 Å². The molecule has 0 aliphatic rings. The van der Waals surface area contributed by atoms with E-state index in [2.05, 4.69) is 26.3 Å². The number of halogens is 3. The van der Waals surface area contributed by atoms with E-state index in [4.69, 9.17) is 0 Å². The van der Waals surface area contributed by atoms with Gasteiger partial charge in [-0.25, -0.2) is 4.98 Å². The van der Waals surface area contributed by atoms with Gasteiger partial charge in [0.1, 0.15) is 6.42 Å². The molecular weight excluding hydrogens is 263 g/mol. The van der Waals surface area contributed by atoms with Crippen LogP contribution < -0.4 is 4.74 Å². The normalized spacial score (nSPS) is 10.3. The highest BCUT2D eigenvalue weighted by Gasteiger charge is 2.28. The molecule has 0 aliphatic carbocycles. The van der Waals surface area contributed by atoms with E-state index in [-0.39, 0.29) is 12.3 Å². The van der Waals surface area contributed by atoms with Gasteiger partial charge >= 0.3 is 12.1 Å². The Balaban J connectivity index is 2.54. The van der Waals surface area contributed by atoms with Crippen molar-refractivity contribution in [2.75, 3.05) is 13.7 Å². The van der Waals surface area contributed by atoms with Crippen LogP contribution in [0.3, 0.4) is 0 Å². The summed E-state index contributed by atoms with van der Waals surface area (Å²) >= 11 is 0. The topological polar surface area (TPSA) is 48.4 Å². The molecule has 0 saturated heterocycles. The third-order valence-electron chi connectivity index (χ3n) is 1.81. The van der Waals surface area contributed by atoms with Gasteiger partial charge in [-0.15, -0.1) is 0 Å². The van der Waals surface area contributed by atoms with E-state index in [1.807, 2.05) is 0 Å². The van der Waals surface area contributed by atoms with Gasteiger partial charge in [0.2, 0.25) is 5.88 Å². The maximum absolute atomic E-state index is 11.9. The van der Waals surface area contributed by atoms with E-state index in [9.17, 15) is 18.0 Å². The predicted octanol–water partition coefficient (Wildman–Crippen LogP) is 1.94. The summed E-state index contributed by atoms with van der Waals surface area (Å²) in [6, 6.07) is 2.72. The summed E-state index contributed by atoms with van der Waals surface area (Å²) in [5.41, 5.74) is 0.461. The van der Waals surface area contributed by atoms with E-state index >= 15 is 0 Å². The number of pyridine rings is 1. The zero-order chi connectivity index (χ0) is 14.3. The summed E-state index contributed by atoms with van der Waals surface area (Å²) < 4.78 is 44.4. The zero-order valence-electron chi connectivity index (χ0n) is 9.95. The fourth-order valence-electron chi connectivity index (χ4n) is 0.986. The Morgan fingerprint density at radius 3 is 2.68 bits per heavy atom. The van der Waals surface area contributed by atoms with Gasteiger partial charge in [0.15, 0.2) is 6.61 Å². The SMILES string of the molecule is COC(=O)CC#Cc1ccc(OCC(F)(F)F)nc1. The molecule has 4 nitrogen and oxygen atoms in total. The van der Waals surface area contributed by atoms with Crippen LogP contribution in [-0.2, 0) is 9.53 Å². The third kappa shape index (κ3) is 6.31. The van der Waals surface area contributed by atoms with Crippen molar-refractivity contribution in [2.45, 2.75) is 12.6 Å². The zero-order valence-corrected chi connectivity index (χ0v) is 9.95. The summed E-state index contributed by atoms with van der Waals surface area (Å²) in [5.74, 6) is 4.55. The number of hydrogen-bond donors (Lipinski definition) is 0. The average Bonchev–Trinajstić information content (AvgIpc) is 2.36. The molecule has 0 bridgehead atoms. The number of hydrogen-bond acceptors (Lipinski definition) is 4. The van der Waals surface area contributed by atoms with Gasteiger partial charge in [-0.1, -0.05) is 11.8 Å². The molecule has 102 valence electrons. The Bertz CT molecular complexity index is 486. The van der Waals surface area contributed by atoms with Gasteiger partial charge in [-0.05, 0) is 6.07 Å². The van der Waals surface area contributed by atoms with E-state index in [0.717, 1.165) is 0 Å². The first-order chi connectivity index (χ1) is 8.90. The lowest BCUT2D eigenvalue weighted by Crippen LogP contribution is -2.19. The number of ether oxygens (including phenoxy) is 2. The van der Waals surface area contributed by atoms with Crippen molar-refractivity contribution < 1.29 is 27.4 Å². The molecule has 1 heterocycles. The van der Waals surface area contributed by atoms with Crippen molar-refractivity contribution in [2.24, 2.45) is 0 Å². The Labute approximate surface area is 107 Å². The second kappa shape index (κ2) is 6.64. The molecule has 19 heavy (non-hydrogen) atoms. The van der Waals surface area contributed by atoms with Gasteiger partial charge in [0.05, 0.1) is 7.11 Å². The molecule has 0 saturated carbocycles. The van der Waals surface area contributed by atoms with Gasteiger partial charge in [-0.2, -0.15) is 13.2 Å². The maximum Gasteiger partial charge on any atom is 0.422 e. The van der Waals surface area contributed by atoms with Crippen LogP contribution >= 0.6 is 0 Å². The molecule has 0 N–H and O–H groups in total. The van der Waals surface area contributed by atoms with Crippen LogP contribution in [0, 0.1) is 11.8 Å². The van der Waals surface area contributed by atoms with Crippen LogP contribution in [0.15, 0.2) is 18.3 Å². The fourth-order valence-corrected chi connectivity index (χ4v) is 0.986. The molecule has 1 rings (SSSR count). The Morgan fingerprint density at radius 2 is 2.16 bits per heavy atom. The van der Waals surface area contributed by atoms with Gasteiger partial charge in [-0.3, -0.25) is 4.79 Å². The second-order valence-electron chi connectivity index (χ2n) is 3.34. The van der Waals surface area contributed by atoms with Crippen LogP contribution in [0.4, 0.5) is 13.2 Å². The first kappa shape index (κ1) is 14.8. The standard InChI is InChI=1S/C12H10F3NO3/c1-18-11(17)4-2-3-9-5-6-10(16-7-9)19-8-12(13,14)15/h5-7H,4,8H2,1H3. The molecule has 0 amide bonds. The predicted molar refractivity (Wildman–Crippen MR) is 59.3 cm³/mol. The minimum atomic E-state index is -4.40. The maximum atomic E-state index is 11.9. The van der Waals surface area contributed by atoms with Crippen molar-refractivity contribution in [3.05, 3.63) is 23.9 Å².